The van der Waals surface area contributed by atoms with Crippen LogP contribution in [0.25, 0.3) is 10.8 Å². The van der Waals surface area contributed by atoms with E-state index in [9.17, 15) is 4.79 Å². The summed E-state index contributed by atoms with van der Waals surface area (Å²) in [6.45, 7) is 1.50. The van der Waals surface area contributed by atoms with Crippen molar-refractivity contribution >= 4 is 16.6 Å². The van der Waals surface area contributed by atoms with Crippen LogP contribution in [0.3, 0.4) is 0 Å². The maximum Gasteiger partial charge on any atom is 0.178 e. The molecule has 2 heteroatoms. The molecule has 0 saturated carbocycles. The zero-order valence-electron chi connectivity index (χ0n) is 8.32. The molecular formula is C13H9NO. The first-order chi connectivity index (χ1) is 7.22. The summed E-state index contributed by atoms with van der Waals surface area (Å²) in [5.74, 6) is 2.50. The highest BCUT2D eigenvalue weighted by Crippen LogP contribution is 2.18. The Morgan fingerprint density at radius 1 is 1.40 bits per heavy atom. The molecular weight excluding hydrogens is 186 g/mol. The lowest BCUT2D eigenvalue weighted by Crippen LogP contribution is -1.97. The topological polar surface area (TPSA) is 30.0 Å². The van der Waals surface area contributed by atoms with Gasteiger partial charge in [0.1, 0.15) is 5.69 Å². The first-order valence-electron chi connectivity index (χ1n) is 4.58. The van der Waals surface area contributed by atoms with Crippen molar-refractivity contribution in [3.63, 3.8) is 0 Å². The molecule has 2 aromatic rings. The molecule has 72 valence electrons. The van der Waals surface area contributed by atoms with E-state index in [4.69, 9.17) is 6.42 Å². The van der Waals surface area contributed by atoms with E-state index in [2.05, 4.69) is 10.9 Å². The van der Waals surface area contributed by atoms with Gasteiger partial charge in [-0.25, -0.2) is 0 Å². The Bertz CT molecular complexity index is 579. The lowest BCUT2D eigenvalue weighted by atomic mass is 10.1. The number of carbonyl (C=O) groups excluding carboxylic acids is 1. The fraction of sp³-hybridized carbons (Fsp3) is 0.0769. The highest BCUT2D eigenvalue weighted by Gasteiger charge is 2.06. The summed E-state index contributed by atoms with van der Waals surface area (Å²) in [5, 5.41) is 1.80. The Morgan fingerprint density at radius 2 is 2.20 bits per heavy atom. The minimum absolute atomic E-state index is 0.0465. The van der Waals surface area contributed by atoms with Crippen molar-refractivity contribution in [2.24, 2.45) is 0 Å². The van der Waals surface area contributed by atoms with Gasteiger partial charge in [0, 0.05) is 24.1 Å². The highest BCUT2D eigenvalue weighted by atomic mass is 16.1. The molecule has 15 heavy (non-hydrogen) atoms. The van der Waals surface area contributed by atoms with Crippen LogP contribution in [0, 0.1) is 12.3 Å². The summed E-state index contributed by atoms with van der Waals surface area (Å²) < 4.78 is 0. The van der Waals surface area contributed by atoms with E-state index < -0.39 is 0 Å². The third-order valence-corrected chi connectivity index (χ3v) is 2.27. The van der Waals surface area contributed by atoms with Crippen LogP contribution in [-0.2, 0) is 0 Å². The molecule has 0 radical (unpaired) electrons. The Hall–Kier alpha value is -2.14. The van der Waals surface area contributed by atoms with Gasteiger partial charge in [-0.1, -0.05) is 12.0 Å². The zero-order chi connectivity index (χ0) is 10.8. The molecule has 0 unspecified atom stereocenters. The Kier molecular flexibility index (Phi) is 2.23. The molecule has 1 aromatic carbocycles. The third-order valence-electron chi connectivity index (χ3n) is 2.27. The second-order valence-corrected chi connectivity index (χ2v) is 3.30. The summed E-state index contributed by atoms with van der Waals surface area (Å²) in [7, 11) is 0. The van der Waals surface area contributed by atoms with E-state index in [1.807, 2.05) is 24.3 Å². The van der Waals surface area contributed by atoms with Gasteiger partial charge in [0.15, 0.2) is 5.78 Å². The fourth-order valence-electron chi connectivity index (χ4n) is 1.54. The normalized spacial score (nSPS) is 9.87. The molecule has 2 rings (SSSR count). The van der Waals surface area contributed by atoms with Gasteiger partial charge in [0.05, 0.1) is 0 Å². The van der Waals surface area contributed by atoms with Crippen molar-refractivity contribution < 1.29 is 4.79 Å². The van der Waals surface area contributed by atoms with Crippen LogP contribution in [0.4, 0.5) is 0 Å². The van der Waals surface area contributed by atoms with Gasteiger partial charge in [-0.3, -0.25) is 9.78 Å². The summed E-state index contributed by atoms with van der Waals surface area (Å²) in [5.41, 5.74) is 1.24. The number of ketones is 1. The van der Waals surface area contributed by atoms with Crippen molar-refractivity contribution in [3.05, 3.63) is 41.7 Å². The molecule has 0 aliphatic carbocycles. The second kappa shape index (κ2) is 3.55. The number of nitrogens with zero attached hydrogens (tertiary/aromatic N) is 1. The summed E-state index contributed by atoms with van der Waals surface area (Å²) >= 11 is 0. The van der Waals surface area contributed by atoms with Crippen LogP contribution in [0.15, 0.2) is 30.5 Å². The molecule has 0 N–H and O–H groups in total. The monoisotopic (exact) mass is 195 g/mol. The van der Waals surface area contributed by atoms with E-state index in [0.29, 0.717) is 5.69 Å². The first-order valence-corrected chi connectivity index (χ1v) is 4.58. The lowest BCUT2D eigenvalue weighted by Gasteiger charge is -2.02. The van der Waals surface area contributed by atoms with Gasteiger partial charge in [0.2, 0.25) is 0 Å². The number of aromatic nitrogens is 1. The van der Waals surface area contributed by atoms with E-state index in [1.54, 1.807) is 6.20 Å². The number of hydrogen-bond acceptors (Lipinski definition) is 2. The minimum Gasteiger partial charge on any atom is -0.293 e. The van der Waals surface area contributed by atoms with Crippen molar-refractivity contribution in [1.82, 2.24) is 4.98 Å². The number of Topliss-reactive ketones (excluding diaryl/α,β-unsaturated/α-hetero) is 1. The molecule has 0 aliphatic heterocycles. The molecule has 0 spiro atoms. The van der Waals surface area contributed by atoms with Gasteiger partial charge >= 0.3 is 0 Å². The molecule has 0 bridgehead atoms. The van der Waals surface area contributed by atoms with Crippen LogP contribution >= 0.6 is 0 Å². The van der Waals surface area contributed by atoms with Crippen molar-refractivity contribution in [2.75, 3.05) is 0 Å². The largest absolute Gasteiger partial charge is 0.293 e. The molecule has 2 nitrogen and oxygen atoms in total. The maximum atomic E-state index is 11.3. The lowest BCUT2D eigenvalue weighted by molar-refractivity contribution is 0.101. The Labute approximate surface area is 88.0 Å². The van der Waals surface area contributed by atoms with Crippen LogP contribution in [0.5, 0.6) is 0 Å². The number of pyridine rings is 1. The third kappa shape index (κ3) is 1.60. The zero-order valence-corrected chi connectivity index (χ0v) is 8.32. The fourth-order valence-corrected chi connectivity index (χ4v) is 1.54. The number of hydrogen-bond donors (Lipinski definition) is 0. The van der Waals surface area contributed by atoms with Crippen molar-refractivity contribution in [1.29, 1.82) is 0 Å². The summed E-state index contributed by atoms with van der Waals surface area (Å²) in [4.78, 5) is 15.4. The average Bonchev–Trinajstić information content (AvgIpc) is 2.27. The predicted molar refractivity (Wildman–Crippen MR) is 59.7 cm³/mol. The van der Waals surface area contributed by atoms with Gasteiger partial charge in [-0.05, 0) is 23.6 Å². The molecule has 0 amide bonds. The van der Waals surface area contributed by atoms with Crippen LogP contribution < -0.4 is 0 Å². The van der Waals surface area contributed by atoms with Crippen molar-refractivity contribution in [3.8, 4) is 12.3 Å². The maximum absolute atomic E-state index is 11.3. The van der Waals surface area contributed by atoms with E-state index in [1.165, 1.54) is 6.92 Å². The quantitative estimate of drug-likeness (QED) is 0.516. The standard InChI is InChI=1S/C13H9NO/c1-3-10-4-5-11-6-7-14-13(9(2)15)12(11)8-10/h1,4-8H,2H3. The van der Waals surface area contributed by atoms with E-state index in [0.717, 1.165) is 16.3 Å². The van der Waals surface area contributed by atoms with E-state index >= 15 is 0 Å². The van der Waals surface area contributed by atoms with E-state index in [-0.39, 0.29) is 5.78 Å². The van der Waals surface area contributed by atoms with Gasteiger partial charge in [-0.15, -0.1) is 6.42 Å². The van der Waals surface area contributed by atoms with Crippen LogP contribution in [0.2, 0.25) is 0 Å². The van der Waals surface area contributed by atoms with Crippen LogP contribution in [-0.4, -0.2) is 10.8 Å². The number of carbonyl (C=O) groups is 1. The second-order valence-electron chi connectivity index (χ2n) is 3.30. The molecule has 0 saturated heterocycles. The van der Waals surface area contributed by atoms with Crippen LogP contribution in [0.1, 0.15) is 23.0 Å². The molecule has 0 atom stereocenters. The minimum atomic E-state index is -0.0465. The van der Waals surface area contributed by atoms with Gasteiger partial charge < -0.3 is 0 Å². The highest BCUT2D eigenvalue weighted by molar-refractivity contribution is 6.05. The molecule has 1 heterocycles. The summed E-state index contributed by atoms with van der Waals surface area (Å²) in [6.07, 6.45) is 6.95. The number of terminal acetylenes is 1. The Morgan fingerprint density at radius 3 is 2.87 bits per heavy atom. The first kappa shape index (κ1) is 9.42. The molecule has 0 aliphatic rings. The number of rotatable bonds is 1. The number of fused-ring (bicyclic) bond motifs is 1. The Balaban J connectivity index is 2.83. The molecule has 0 fully saturated rings. The number of benzene rings is 1. The van der Waals surface area contributed by atoms with Gasteiger partial charge in [0.25, 0.3) is 0 Å². The summed E-state index contributed by atoms with van der Waals surface area (Å²) in [6, 6.07) is 7.44. The molecule has 1 aromatic heterocycles. The smallest absolute Gasteiger partial charge is 0.178 e. The van der Waals surface area contributed by atoms with Gasteiger partial charge in [-0.2, -0.15) is 0 Å². The predicted octanol–water partition coefficient (Wildman–Crippen LogP) is 2.42. The SMILES string of the molecule is C#Cc1ccc2ccnc(C(C)=O)c2c1. The van der Waals surface area contributed by atoms with Crippen molar-refractivity contribution in [2.45, 2.75) is 6.92 Å². The average molecular weight is 195 g/mol.